The molecular formula is C22H23N7O2. The van der Waals surface area contributed by atoms with Crippen LogP contribution in [-0.4, -0.2) is 64.7 Å². The number of anilines is 2. The number of imidazole rings is 1. The summed E-state index contributed by atoms with van der Waals surface area (Å²) >= 11 is 0. The van der Waals surface area contributed by atoms with Crippen LogP contribution >= 0.6 is 0 Å². The number of hydrogen-bond donors (Lipinski definition) is 0. The van der Waals surface area contributed by atoms with Crippen LogP contribution in [0.5, 0.6) is 11.5 Å². The topological polar surface area (TPSA) is 80.9 Å². The summed E-state index contributed by atoms with van der Waals surface area (Å²) in [5.41, 5.74) is 2.63. The molecule has 1 aliphatic rings. The van der Waals surface area contributed by atoms with Crippen LogP contribution in [0.25, 0.3) is 16.9 Å². The van der Waals surface area contributed by atoms with Crippen molar-refractivity contribution in [3.05, 3.63) is 55.1 Å². The van der Waals surface area contributed by atoms with Crippen LogP contribution in [0.4, 0.5) is 11.9 Å². The lowest BCUT2D eigenvalue weighted by Crippen LogP contribution is -2.48. The zero-order valence-corrected chi connectivity index (χ0v) is 17.5. The Morgan fingerprint density at radius 1 is 0.806 bits per heavy atom. The molecule has 31 heavy (non-hydrogen) atoms. The highest BCUT2D eigenvalue weighted by Gasteiger charge is 2.22. The predicted molar refractivity (Wildman–Crippen MR) is 118 cm³/mol. The second kappa shape index (κ2) is 8.10. The summed E-state index contributed by atoms with van der Waals surface area (Å²) in [6, 6.07) is 9.63. The van der Waals surface area contributed by atoms with Crippen molar-refractivity contribution < 1.29 is 9.47 Å². The maximum atomic E-state index is 5.47. The molecular weight excluding hydrogens is 394 g/mol. The number of aromatic nitrogens is 5. The SMILES string of the molecule is COc1ccc(-c2cc3nccn3c(N3CCN(c4ncccn4)CC3)n2)cc1OC. The number of rotatable bonds is 5. The highest BCUT2D eigenvalue weighted by molar-refractivity contribution is 5.69. The van der Waals surface area contributed by atoms with Gasteiger partial charge < -0.3 is 19.3 Å². The lowest BCUT2D eigenvalue weighted by molar-refractivity contribution is 0.355. The van der Waals surface area contributed by atoms with E-state index < -0.39 is 0 Å². The maximum Gasteiger partial charge on any atom is 0.225 e. The molecule has 0 saturated carbocycles. The molecule has 3 aromatic heterocycles. The molecule has 0 amide bonds. The van der Waals surface area contributed by atoms with Crippen molar-refractivity contribution >= 4 is 17.5 Å². The fourth-order valence-corrected chi connectivity index (χ4v) is 3.83. The summed E-state index contributed by atoms with van der Waals surface area (Å²) in [7, 11) is 3.26. The van der Waals surface area contributed by atoms with Crippen LogP contribution in [0.2, 0.25) is 0 Å². The van der Waals surface area contributed by atoms with E-state index in [1.54, 1.807) is 32.8 Å². The van der Waals surface area contributed by atoms with E-state index in [0.29, 0.717) is 11.5 Å². The number of fused-ring (bicyclic) bond motifs is 1. The maximum absolute atomic E-state index is 5.47. The van der Waals surface area contributed by atoms with Crippen molar-refractivity contribution in [3.8, 4) is 22.8 Å². The molecule has 0 radical (unpaired) electrons. The van der Waals surface area contributed by atoms with E-state index in [1.165, 1.54) is 0 Å². The largest absolute Gasteiger partial charge is 0.493 e. The minimum atomic E-state index is 0.669. The number of hydrogen-bond acceptors (Lipinski definition) is 8. The molecule has 1 aliphatic heterocycles. The third kappa shape index (κ3) is 3.58. The van der Waals surface area contributed by atoms with Gasteiger partial charge in [0.25, 0.3) is 0 Å². The molecule has 0 unspecified atom stereocenters. The summed E-state index contributed by atoms with van der Waals surface area (Å²) in [4.78, 5) is 22.7. The summed E-state index contributed by atoms with van der Waals surface area (Å²) in [5, 5.41) is 0. The molecule has 1 saturated heterocycles. The first-order chi connectivity index (χ1) is 15.3. The smallest absolute Gasteiger partial charge is 0.225 e. The van der Waals surface area contributed by atoms with Crippen molar-refractivity contribution in [2.45, 2.75) is 0 Å². The summed E-state index contributed by atoms with van der Waals surface area (Å²) in [6.45, 7) is 3.27. The molecule has 158 valence electrons. The van der Waals surface area contributed by atoms with Crippen molar-refractivity contribution in [1.29, 1.82) is 0 Å². The minimum absolute atomic E-state index is 0.669. The van der Waals surface area contributed by atoms with Gasteiger partial charge in [0.05, 0.1) is 19.9 Å². The van der Waals surface area contributed by atoms with Gasteiger partial charge in [0.1, 0.15) is 5.65 Å². The molecule has 1 aromatic carbocycles. The Hall–Kier alpha value is -3.88. The van der Waals surface area contributed by atoms with Crippen LogP contribution < -0.4 is 19.3 Å². The Kier molecular flexibility index (Phi) is 4.99. The van der Waals surface area contributed by atoms with E-state index >= 15 is 0 Å². The van der Waals surface area contributed by atoms with Crippen LogP contribution in [0.15, 0.2) is 55.1 Å². The quantitative estimate of drug-likeness (QED) is 0.490. The van der Waals surface area contributed by atoms with Gasteiger partial charge in [0.15, 0.2) is 11.5 Å². The number of piperazine rings is 1. The van der Waals surface area contributed by atoms with Crippen molar-refractivity contribution in [3.63, 3.8) is 0 Å². The molecule has 4 heterocycles. The summed E-state index contributed by atoms with van der Waals surface area (Å²) < 4.78 is 12.9. The van der Waals surface area contributed by atoms with Gasteiger partial charge in [-0.15, -0.1) is 0 Å². The van der Waals surface area contributed by atoms with E-state index in [-0.39, 0.29) is 0 Å². The standard InChI is InChI=1S/C22H23N7O2/c1-30-18-5-4-16(14-19(18)31-2)17-15-20-23-8-9-29(20)22(26-17)28-12-10-27(11-13-28)21-24-6-3-7-25-21/h3-9,14-15H,10-13H2,1-2H3. The molecule has 0 aliphatic carbocycles. The van der Waals surface area contributed by atoms with Gasteiger partial charge in [0.2, 0.25) is 11.9 Å². The van der Waals surface area contributed by atoms with Crippen LogP contribution in [0.1, 0.15) is 0 Å². The molecule has 9 heteroatoms. The first kappa shape index (κ1) is 19.1. The second-order valence-corrected chi connectivity index (χ2v) is 7.19. The second-order valence-electron chi connectivity index (χ2n) is 7.19. The van der Waals surface area contributed by atoms with Crippen molar-refractivity contribution in [2.24, 2.45) is 0 Å². The van der Waals surface area contributed by atoms with Gasteiger partial charge in [-0.3, -0.25) is 4.40 Å². The van der Waals surface area contributed by atoms with Gasteiger partial charge in [-0.1, -0.05) is 0 Å². The zero-order valence-electron chi connectivity index (χ0n) is 17.5. The fourth-order valence-electron chi connectivity index (χ4n) is 3.83. The predicted octanol–water partition coefficient (Wildman–Crippen LogP) is 2.53. The molecule has 1 fully saturated rings. The molecule has 4 aromatic rings. The van der Waals surface area contributed by atoms with Crippen LogP contribution in [0, 0.1) is 0 Å². The molecule has 9 nitrogen and oxygen atoms in total. The van der Waals surface area contributed by atoms with Gasteiger partial charge in [-0.25, -0.2) is 19.9 Å². The molecule has 0 N–H and O–H groups in total. The van der Waals surface area contributed by atoms with Gasteiger partial charge >= 0.3 is 0 Å². The normalized spacial score (nSPS) is 14.1. The lowest BCUT2D eigenvalue weighted by atomic mass is 10.1. The Bertz CT molecular complexity index is 1190. The summed E-state index contributed by atoms with van der Waals surface area (Å²) in [5.74, 6) is 2.99. The summed E-state index contributed by atoms with van der Waals surface area (Å²) in [6.07, 6.45) is 7.30. The average Bonchev–Trinajstić information content (AvgIpc) is 3.32. The van der Waals surface area contributed by atoms with Gasteiger partial charge in [-0.05, 0) is 24.3 Å². The third-order valence-electron chi connectivity index (χ3n) is 5.45. The van der Waals surface area contributed by atoms with Gasteiger partial charge in [0, 0.05) is 62.6 Å². The Morgan fingerprint density at radius 3 is 2.29 bits per heavy atom. The van der Waals surface area contributed by atoms with E-state index in [9.17, 15) is 0 Å². The molecule has 0 atom stereocenters. The zero-order chi connectivity index (χ0) is 21.2. The average molecular weight is 417 g/mol. The van der Waals surface area contributed by atoms with Gasteiger partial charge in [-0.2, -0.15) is 0 Å². The molecule has 5 rings (SSSR count). The Morgan fingerprint density at radius 2 is 1.55 bits per heavy atom. The van der Waals surface area contributed by atoms with Crippen molar-refractivity contribution in [2.75, 3.05) is 50.2 Å². The minimum Gasteiger partial charge on any atom is -0.493 e. The number of methoxy groups -OCH3 is 2. The van der Waals surface area contributed by atoms with E-state index in [2.05, 4.69) is 24.8 Å². The number of ether oxygens (including phenoxy) is 2. The fraction of sp³-hybridized carbons (Fsp3) is 0.273. The first-order valence-corrected chi connectivity index (χ1v) is 10.1. The highest BCUT2D eigenvalue weighted by Crippen LogP contribution is 2.33. The lowest BCUT2D eigenvalue weighted by Gasteiger charge is -2.35. The molecule has 0 bridgehead atoms. The van der Waals surface area contributed by atoms with Crippen LogP contribution in [-0.2, 0) is 0 Å². The van der Waals surface area contributed by atoms with E-state index in [1.807, 2.05) is 40.9 Å². The third-order valence-corrected chi connectivity index (χ3v) is 5.45. The first-order valence-electron chi connectivity index (χ1n) is 10.1. The Balaban J connectivity index is 1.47. The number of nitrogens with zero attached hydrogens (tertiary/aromatic N) is 7. The number of benzene rings is 1. The molecule has 0 spiro atoms. The van der Waals surface area contributed by atoms with E-state index in [4.69, 9.17) is 14.5 Å². The van der Waals surface area contributed by atoms with Crippen molar-refractivity contribution in [1.82, 2.24) is 24.3 Å². The Labute approximate surface area is 179 Å². The highest BCUT2D eigenvalue weighted by atomic mass is 16.5. The van der Waals surface area contributed by atoms with E-state index in [0.717, 1.165) is 55.0 Å². The monoisotopic (exact) mass is 417 g/mol. The van der Waals surface area contributed by atoms with Crippen LogP contribution in [0.3, 0.4) is 0 Å².